The van der Waals surface area contributed by atoms with Gasteiger partial charge in [0.2, 0.25) is 0 Å². The van der Waals surface area contributed by atoms with Crippen LogP contribution in [0.5, 0.6) is 0 Å². The first-order chi connectivity index (χ1) is 11.1. The summed E-state index contributed by atoms with van der Waals surface area (Å²) in [7, 11) is 0. The summed E-state index contributed by atoms with van der Waals surface area (Å²) in [6.07, 6.45) is 4.75. The Kier molecular flexibility index (Phi) is 3.67. The zero-order valence-electron chi connectivity index (χ0n) is 15.0. The molecule has 0 bridgehead atoms. The number of allylic oxidation sites excluding steroid dienone is 1. The number of carbonyl (C=O) groups is 3. The fraction of sp³-hybridized carbons (Fsp3) is 0.650. The van der Waals surface area contributed by atoms with Crippen molar-refractivity contribution in [1.29, 1.82) is 0 Å². The third kappa shape index (κ3) is 2.01. The predicted molar refractivity (Wildman–Crippen MR) is 90.1 cm³/mol. The summed E-state index contributed by atoms with van der Waals surface area (Å²) in [5.74, 6) is 0.451. The standard InChI is InChI=1S/C20H26O4/c1-12(2)14-8-16(22)15-9-20(13(3)11-21)18(4,10-17(23)24-20)6-7-19(14,15)5/h9,11-12,14H,3,6-8,10H2,1-2,4-5H3. The second-order valence-corrected chi connectivity index (χ2v) is 8.54. The second-order valence-electron chi connectivity index (χ2n) is 8.54. The van der Waals surface area contributed by atoms with Crippen molar-refractivity contribution in [3.8, 4) is 0 Å². The number of esters is 1. The number of rotatable bonds is 3. The fourth-order valence-electron chi connectivity index (χ4n) is 5.23. The first-order valence-electron chi connectivity index (χ1n) is 8.72. The molecule has 0 N–H and O–H groups in total. The van der Waals surface area contributed by atoms with Gasteiger partial charge in [0.15, 0.2) is 11.4 Å². The zero-order chi connectivity index (χ0) is 17.9. The molecule has 2 aliphatic carbocycles. The minimum Gasteiger partial charge on any atom is -0.449 e. The highest BCUT2D eigenvalue weighted by Gasteiger charge is 2.63. The molecule has 0 aromatic heterocycles. The van der Waals surface area contributed by atoms with Crippen molar-refractivity contribution in [1.82, 2.24) is 0 Å². The summed E-state index contributed by atoms with van der Waals surface area (Å²) < 4.78 is 5.69. The van der Waals surface area contributed by atoms with Crippen molar-refractivity contribution in [3.63, 3.8) is 0 Å². The van der Waals surface area contributed by atoms with Crippen LogP contribution in [0.1, 0.15) is 53.4 Å². The van der Waals surface area contributed by atoms with Gasteiger partial charge in [-0.2, -0.15) is 0 Å². The molecule has 1 saturated carbocycles. The van der Waals surface area contributed by atoms with Crippen LogP contribution in [0.4, 0.5) is 0 Å². The maximum absolute atomic E-state index is 12.8. The van der Waals surface area contributed by atoms with E-state index in [0.717, 1.165) is 18.4 Å². The number of Topliss-reactive ketones (excluding diaryl/α,β-unsaturated/α-hetero) is 1. The first-order valence-corrected chi connectivity index (χ1v) is 8.72. The van der Waals surface area contributed by atoms with Crippen LogP contribution >= 0.6 is 0 Å². The molecule has 4 atom stereocenters. The van der Waals surface area contributed by atoms with Gasteiger partial charge in [0, 0.05) is 23.0 Å². The summed E-state index contributed by atoms with van der Waals surface area (Å²) in [4.78, 5) is 36.4. The van der Waals surface area contributed by atoms with Crippen molar-refractivity contribution >= 4 is 18.0 Å². The largest absolute Gasteiger partial charge is 0.449 e. The molecule has 3 aliphatic rings. The summed E-state index contributed by atoms with van der Waals surface area (Å²) in [5.41, 5.74) is -0.998. The zero-order valence-corrected chi connectivity index (χ0v) is 15.0. The lowest BCUT2D eigenvalue weighted by atomic mass is 9.66. The van der Waals surface area contributed by atoms with Gasteiger partial charge in [-0.1, -0.05) is 34.3 Å². The number of ether oxygens (including phenoxy) is 1. The van der Waals surface area contributed by atoms with E-state index in [1.54, 1.807) is 6.08 Å². The van der Waals surface area contributed by atoms with Gasteiger partial charge in [0.25, 0.3) is 0 Å². The maximum atomic E-state index is 12.8. The van der Waals surface area contributed by atoms with Crippen molar-refractivity contribution < 1.29 is 19.1 Å². The van der Waals surface area contributed by atoms with Gasteiger partial charge in [-0.15, -0.1) is 0 Å². The minimum atomic E-state index is -1.18. The molecule has 24 heavy (non-hydrogen) atoms. The molecule has 3 rings (SSSR count). The molecule has 130 valence electrons. The lowest BCUT2D eigenvalue weighted by Gasteiger charge is -2.38. The molecule has 0 amide bonds. The van der Waals surface area contributed by atoms with E-state index in [1.807, 2.05) is 6.92 Å². The van der Waals surface area contributed by atoms with Crippen LogP contribution in [0.2, 0.25) is 0 Å². The van der Waals surface area contributed by atoms with Gasteiger partial charge >= 0.3 is 5.97 Å². The van der Waals surface area contributed by atoms with Crippen LogP contribution in [0, 0.1) is 22.7 Å². The van der Waals surface area contributed by atoms with E-state index < -0.39 is 11.0 Å². The number of aldehydes is 1. The molecular weight excluding hydrogens is 304 g/mol. The Hall–Kier alpha value is -1.71. The molecule has 1 aliphatic heterocycles. The Morgan fingerprint density at radius 1 is 1.33 bits per heavy atom. The van der Waals surface area contributed by atoms with E-state index in [0.29, 0.717) is 18.6 Å². The molecule has 4 heteroatoms. The molecule has 2 fully saturated rings. The second kappa shape index (κ2) is 5.14. The van der Waals surface area contributed by atoms with Crippen LogP contribution in [0.3, 0.4) is 0 Å². The fourth-order valence-corrected chi connectivity index (χ4v) is 5.23. The summed E-state index contributed by atoms with van der Waals surface area (Å²) in [6, 6.07) is 0. The molecule has 1 saturated heterocycles. The third-order valence-electron chi connectivity index (χ3n) is 6.81. The van der Waals surface area contributed by atoms with E-state index in [9.17, 15) is 14.4 Å². The predicted octanol–water partition coefficient (Wildman–Crippen LogP) is 3.41. The highest BCUT2D eigenvalue weighted by atomic mass is 16.6. The van der Waals surface area contributed by atoms with Crippen LogP contribution in [0.25, 0.3) is 0 Å². The first kappa shape index (κ1) is 17.1. The molecule has 0 radical (unpaired) electrons. The smallest absolute Gasteiger partial charge is 0.307 e. The van der Waals surface area contributed by atoms with E-state index >= 15 is 0 Å². The highest BCUT2D eigenvalue weighted by molar-refractivity contribution is 6.00. The Labute approximate surface area is 143 Å². The van der Waals surface area contributed by atoms with Gasteiger partial charge < -0.3 is 4.74 Å². The number of carbonyl (C=O) groups excluding carboxylic acids is 3. The molecule has 4 nitrogen and oxygen atoms in total. The summed E-state index contributed by atoms with van der Waals surface area (Å²) in [5, 5.41) is 0. The van der Waals surface area contributed by atoms with Crippen molar-refractivity contribution in [2.75, 3.05) is 0 Å². The number of hydrogen-bond donors (Lipinski definition) is 0. The molecule has 0 aromatic rings. The van der Waals surface area contributed by atoms with Crippen LogP contribution in [-0.4, -0.2) is 23.6 Å². The molecular formula is C20H26O4. The van der Waals surface area contributed by atoms with Crippen LogP contribution in [-0.2, 0) is 19.1 Å². The average Bonchev–Trinajstić information content (AvgIpc) is 2.87. The van der Waals surface area contributed by atoms with E-state index in [4.69, 9.17) is 4.74 Å². The lowest BCUT2D eigenvalue weighted by Crippen LogP contribution is -2.43. The van der Waals surface area contributed by atoms with E-state index in [1.165, 1.54) is 0 Å². The Balaban J connectivity index is 2.22. The molecule has 0 spiro atoms. The Morgan fingerprint density at radius 3 is 2.58 bits per heavy atom. The van der Waals surface area contributed by atoms with Gasteiger partial charge in [-0.25, -0.2) is 0 Å². The Bertz CT molecular complexity index is 673. The highest BCUT2D eigenvalue weighted by Crippen LogP contribution is 2.61. The number of ketones is 1. The van der Waals surface area contributed by atoms with Crippen molar-refractivity contribution in [2.24, 2.45) is 22.7 Å². The average molecular weight is 330 g/mol. The van der Waals surface area contributed by atoms with Gasteiger partial charge in [-0.05, 0) is 36.2 Å². The molecule has 0 aromatic carbocycles. The van der Waals surface area contributed by atoms with Crippen LogP contribution in [0.15, 0.2) is 23.8 Å². The van der Waals surface area contributed by atoms with Gasteiger partial charge in [0.05, 0.1) is 6.42 Å². The summed E-state index contributed by atoms with van der Waals surface area (Å²) in [6.45, 7) is 12.3. The number of hydrogen-bond acceptors (Lipinski definition) is 4. The molecule has 4 unspecified atom stereocenters. The third-order valence-corrected chi connectivity index (χ3v) is 6.81. The SMILES string of the molecule is C=C(C=O)C12C=C3C(=O)CC(C(C)C)C3(C)CCC1(C)CC(=O)O2. The van der Waals surface area contributed by atoms with Crippen molar-refractivity contribution in [3.05, 3.63) is 23.8 Å². The molecule has 1 heterocycles. The van der Waals surface area contributed by atoms with E-state index in [2.05, 4.69) is 27.4 Å². The minimum absolute atomic E-state index is 0.112. The quantitative estimate of drug-likeness (QED) is 0.452. The van der Waals surface area contributed by atoms with Gasteiger partial charge in [-0.3, -0.25) is 14.4 Å². The summed E-state index contributed by atoms with van der Waals surface area (Å²) >= 11 is 0. The Morgan fingerprint density at radius 2 is 2.00 bits per heavy atom. The van der Waals surface area contributed by atoms with Crippen LogP contribution < -0.4 is 0 Å². The number of fused-ring (bicyclic) bond motifs is 2. The maximum Gasteiger partial charge on any atom is 0.307 e. The monoisotopic (exact) mass is 330 g/mol. The lowest BCUT2D eigenvalue weighted by molar-refractivity contribution is -0.144. The van der Waals surface area contributed by atoms with Gasteiger partial charge in [0.1, 0.15) is 6.29 Å². The van der Waals surface area contributed by atoms with E-state index in [-0.39, 0.29) is 35.1 Å². The van der Waals surface area contributed by atoms with Crippen molar-refractivity contribution in [2.45, 2.75) is 59.0 Å². The normalized spacial score (nSPS) is 41.4. The topological polar surface area (TPSA) is 60.4 Å².